The highest BCUT2D eigenvalue weighted by Crippen LogP contribution is 2.22. The fraction of sp³-hybridized carbons (Fsp3) is 0.143. The quantitative estimate of drug-likeness (QED) is 0.262. The molecule has 14 heteroatoms. The summed E-state index contributed by atoms with van der Waals surface area (Å²) in [5.41, 5.74) is 2.03. The van der Waals surface area contributed by atoms with E-state index in [1.807, 2.05) is 0 Å². The van der Waals surface area contributed by atoms with Gasteiger partial charge >= 0.3 is 5.97 Å². The summed E-state index contributed by atoms with van der Waals surface area (Å²) in [6.07, 6.45) is 4.08. The first-order chi connectivity index (χ1) is 16.5. The van der Waals surface area contributed by atoms with E-state index in [-0.39, 0.29) is 11.6 Å². The number of hydrogen-bond acceptors (Lipinski definition) is 10. The Balaban J connectivity index is 1.52. The van der Waals surface area contributed by atoms with Crippen molar-refractivity contribution >= 4 is 54.2 Å². The zero-order chi connectivity index (χ0) is 25.2. The molecule has 0 unspecified atom stereocenters. The van der Waals surface area contributed by atoms with Crippen LogP contribution in [-0.4, -0.2) is 53.9 Å². The second kappa shape index (κ2) is 9.31. The molecule has 35 heavy (non-hydrogen) atoms. The minimum absolute atomic E-state index is 0.214. The summed E-state index contributed by atoms with van der Waals surface area (Å²) in [5, 5.41) is 7.07. The number of nitrogens with zero attached hydrogens (tertiary/aromatic N) is 4. The molecule has 182 valence electrons. The second-order valence-electron chi connectivity index (χ2n) is 7.58. The average molecular weight is 517 g/mol. The van der Waals surface area contributed by atoms with Gasteiger partial charge in [0.15, 0.2) is 20.6 Å². The van der Waals surface area contributed by atoms with Crippen LogP contribution in [0.3, 0.4) is 0 Å². The molecule has 0 radical (unpaired) electrons. The molecule has 4 aromatic rings. The fourth-order valence-electron chi connectivity index (χ4n) is 3.13. The van der Waals surface area contributed by atoms with Crippen molar-refractivity contribution in [2.45, 2.75) is 6.92 Å². The number of anilines is 3. The molecule has 0 amide bonds. The van der Waals surface area contributed by atoms with Crippen molar-refractivity contribution in [3.63, 3.8) is 0 Å². The number of hydrogen-bond donors (Lipinski definition) is 2. The van der Waals surface area contributed by atoms with Crippen LogP contribution in [0.25, 0.3) is 16.7 Å². The maximum absolute atomic E-state index is 11.9. The van der Waals surface area contributed by atoms with Gasteiger partial charge in [-0.25, -0.2) is 26.5 Å². The summed E-state index contributed by atoms with van der Waals surface area (Å²) in [6, 6.07) is 12.9. The highest BCUT2D eigenvalue weighted by molar-refractivity contribution is 8.08. The molecule has 0 aliphatic carbocycles. The van der Waals surface area contributed by atoms with Gasteiger partial charge in [0, 0.05) is 30.8 Å². The Labute approximate surface area is 200 Å². The van der Waals surface area contributed by atoms with E-state index in [9.17, 15) is 21.6 Å². The number of ether oxygens (including phenoxy) is 1. The van der Waals surface area contributed by atoms with E-state index < -0.39 is 30.9 Å². The van der Waals surface area contributed by atoms with Crippen molar-refractivity contribution in [2.75, 3.05) is 21.4 Å². The van der Waals surface area contributed by atoms with E-state index in [2.05, 4.69) is 25.1 Å². The Morgan fingerprint density at radius 1 is 0.971 bits per heavy atom. The molecule has 0 aliphatic heterocycles. The van der Waals surface area contributed by atoms with Crippen LogP contribution >= 0.6 is 0 Å². The number of sulfone groups is 1. The largest absolute Gasteiger partial charge is 0.427 e. The predicted molar refractivity (Wildman–Crippen MR) is 130 cm³/mol. The molecule has 0 atom stereocenters. The lowest BCUT2D eigenvalue weighted by molar-refractivity contribution is -0.131. The summed E-state index contributed by atoms with van der Waals surface area (Å²) in [7, 11) is -7.74. The normalized spacial score (nSPS) is 11.8. The zero-order valence-corrected chi connectivity index (χ0v) is 20.2. The number of esters is 1. The van der Waals surface area contributed by atoms with Crippen LogP contribution < -0.4 is 14.8 Å². The second-order valence-corrected chi connectivity index (χ2v) is 11.8. The van der Waals surface area contributed by atoms with E-state index in [0.717, 1.165) is 6.26 Å². The molecule has 0 fully saturated rings. The predicted octanol–water partition coefficient (Wildman–Crippen LogP) is 2.23. The molecule has 0 saturated carbocycles. The van der Waals surface area contributed by atoms with E-state index >= 15 is 0 Å². The summed E-state index contributed by atoms with van der Waals surface area (Å²) in [5.74, 6) is 0.281. The minimum atomic E-state index is -4.04. The fourth-order valence-corrected chi connectivity index (χ4v) is 6.12. The van der Waals surface area contributed by atoms with Gasteiger partial charge in [0.1, 0.15) is 5.75 Å². The van der Waals surface area contributed by atoms with Gasteiger partial charge in [-0.05, 0) is 48.5 Å². The topological polar surface area (TPSA) is 162 Å². The number of aromatic nitrogens is 4. The van der Waals surface area contributed by atoms with E-state index in [1.54, 1.807) is 53.5 Å². The third kappa shape index (κ3) is 6.30. The standard InChI is InChI=1S/C21H20N6O6S2/c1-14(28)33-19-9-7-18(8-10-19)27-20-15(12-23-27)11-22-21(25-20)24-16-3-5-17(6-4-16)26-35(31,32)13-34(2,29)30/h3-12,26H,13H2,1-2H3,(H,22,24,25). The van der Waals surface area contributed by atoms with Crippen LogP contribution in [0, 0.1) is 0 Å². The van der Waals surface area contributed by atoms with Crippen molar-refractivity contribution in [3.05, 3.63) is 60.9 Å². The van der Waals surface area contributed by atoms with E-state index in [1.165, 1.54) is 19.1 Å². The smallest absolute Gasteiger partial charge is 0.308 e. The molecule has 2 aromatic heterocycles. The average Bonchev–Trinajstić information content (AvgIpc) is 3.17. The van der Waals surface area contributed by atoms with E-state index in [4.69, 9.17) is 4.74 Å². The first kappa shape index (κ1) is 24.1. The number of carbonyl (C=O) groups excluding carboxylic acids is 1. The summed E-state index contributed by atoms with van der Waals surface area (Å²) in [4.78, 5) is 19.9. The molecular formula is C21H20N6O6S2. The van der Waals surface area contributed by atoms with Crippen LogP contribution in [0.15, 0.2) is 60.9 Å². The summed E-state index contributed by atoms with van der Waals surface area (Å²) >= 11 is 0. The lowest BCUT2D eigenvalue weighted by Gasteiger charge is -2.09. The van der Waals surface area contributed by atoms with Gasteiger partial charge in [-0.1, -0.05) is 0 Å². The van der Waals surface area contributed by atoms with Gasteiger partial charge in [0.05, 0.1) is 17.3 Å². The number of nitrogens with one attached hydrogen (secondary N) is 2. The Hall–Kier alpha value is -4.04. The molecule has 2 heterocycles. The third-order valence-electron chi connectivity index (χ3n) is 4.44. The van der Waals surface area contributed by atoms with Crippen molar-refractivity contribution < 1.29 is 26.4 Å². The van der Waals surface area contributed by atoms with Crippen molar-refractivity contribution in [1.29, 1.82) is 0 Å². The van der Waals surface area contributed by atoms with Crippen molar-refractivity contribution in [2.24, 2.45) is 0 Å². The zero-order valence-electron chi connectivity index (χ0n) is 18.5. The molecule has 0 aliphatic rings. The van der Waals surface area contributed by atoms with Gasteiger partial charge in [0.2, 0.25) is 16.0 Å². The Morgan fingerprint density at radius 2 is 1.63 bits per heavy atom. The number of sulfonamides is 1. The molecule has 2 aromatic carbocycles. The van der Waals surface area contributed by atoms with Gasteiger partial charge in [-0.2, -0.15) is 10.1 Å². The van der Waals surface area contributed by atoms with Crippen LogP contribution in [0.5, 0.6) is 5.75 Å². The van der Waals surface area contributed by atoms with Crippen LogP contribution in [0.4, 0.5) is 17.3 Å². The summed E-state index contributed by atoms with van der Waals surface area (Å²) in [6.45, 7) is 1.32. The van der Waals surface area contributed by atoms with E-state index in [0.29, 0.717) is 28.2 Å². The van der Waals surface area contributed by atoms with Crippen LogP contribution in [-0.2, 0) is 24.7 Å². The monoisotopic (exact) mass is 516 g/mol. The Morgan fingerprint density at radius 3 is 2.26 bits per heavy atom. The molecule has 0 spiro atoms. The number of rotatable bonds is 8. The van der Waals surface area contributed by atoms with Gasteiger partial charge in [-0.3, -0.25) is 9.52 Å². The van der Waals surface area contributed by atoms with Crippen molar-refractivity contribution in [3.8, 4) is 11.4 Å². The van der Waals surface area contributed by atoms with Crippen LogP contribution in [0.2, 0.25) is 0 Å². The highest BCUT2D eigenvalue weighted by atomic mass is 32.3. The first-order valence-corrected chi connectivity index (χ1v) is 13.7. The first-order valence-electron chi connectivity index (χ1n) is 10.0. The Bertz CT molecular complexity index is 1600. The van der Waals surface area contributed by atoms with Gasteiger partial charge in [-0.15, -0.1) is 0 Å². The molecule has 4 rings (SSSR count). The van der Waals surface area contributed by atoms with Crippen LogP contribution in [0.1, 0.15) is 6.92 Å². The molecule has 0 bridgehead atoms. The maximum atomic E-state index is 11.9. The van der Waals surface area contributed by atoms with Gasteiger partial charge in [0.25, 0.3) is 0 Å². The lowest BCUT2D eigenvalue weighted by atomic mass is 10.3. The molecule has 0 saturated heterocycles. The minimum Gasteiger partial charge on any atom is -0.427 e. The van der Waals surface area contributed by atoms with Gasteiger partial charge < -0.3 is 10.1 Å². The Kier molecular flexibility index (Phi) is 6.41. The third-order valence-corrected chi connectivity index (χ3v) is 7.94. The van der Waals surface area contributed by atoms with Crippen molar-refractivity contribution in [1.82, 2.24) is 19.7 Å². The molecule has 12 nitrogen and oxygen atoms in total. The summed E-state index contributed by atoms with van der Waals surface area (Å²) < 4.78 is 55.3. The lowest BCUT2D eigenvalue weighted by Crippen LogP contribution is -2.22. The molecular weight excluding hydrogens is 496 g/mol. The highest BCUT2D eigenvalue weighted by Gasteiger charge is 2.18. The molecule has 2 N–H and O–H groups in total. The maximum Gasteiger partial charge on any atom is 0.308 e. The number of carbonyl (C=O) groups is 1. The number of benzene rings is 2. The number of fused-ring (bicyclic) bond motifs is 1. The SMILES string of the molecule is CC(=O)Oc1ccc(-n2ncc3cnc(Nc4ccc(NS(=O)(=O)CS(C)(=O)=O)cc4)nc32)cc1.